The number of nitrogens with two attached hydrogens (primary N) is 1. The first-order valence-corrected chi connectivity index (χ1v) is 7.68. The lowest BCUT2D eigenvalue weighted by Gasteiger charge is -2.18. The topological polar surface area (TPSA) is 68.8 Å². The smallest absolute Gasteiger partial charge is 0.151 e. The molecule has 0 atom stereocenters. The number of rotatable bonds is 4. The number of hydrogen-bond donors (Lipinski definition) is 2. The summed E-state index contributed by atoms with van der Waals surface area (Å²) < 4.78 is 2.15. The third-order valence-corrected chi connectivity index (χ3v) is 4.01. The molecule has 0 spiro atoms. The van der Waals surface area contributed by atoms with Gasteiger partial charge >= 0.3 is 0 Å². The lowest BCUT2D eigenvalue weighted by atomic mass is 9.95. The SMILES string of the molecule is CCCNn1c(CC)nc2c(N)nc3c(c21)CCCC3. The van der Waals surface area contributed by atoms with Gasteiger partial charge in [0.1, 0.15) is 11.3 Å². The van der Waals surface area contributed by atoms with Crippen molar-refractivity contribution in [3.63, 3.8) is 0 Å². The number of pyridine rings is 1. The van der Waals surface area contributed by atoms with E-state index in [4.69, 9.17) is 10.7 Å². The van der Waals surface area contributed by atoms with Crippen molar-refractivity contribution in [2.45, 2.75) is 52.4 Å². The van der Waals surface area contributed by atoms with Crippen molar-refractivity contribution in [3.05, 3.63) is 17.1 Å². The fourth-order valence-corrected chi connectivity index (χ4v) is 3.02. The highest BCUT2D eigenvalue weighted by molar-refractivity contribution is 5.89. The van der Waals surface area contributed by atoms with Crippen molar-refractivity contribution in [1.82, 2.24) is 14.6 Å². The largest absolute Gasteiger partial charge is 0.382 e. The van der Waals surface area contributed by atoms with Crippen LogP contribution in [0.25, 0.3) is 11.0 Å². The number of anilines is 1. The molecule has 0 aliphatic heterocycles. The Labute approximate surface area is 119 Å². The second kappa shape index (κ2) is 5.31. The maximum absolute atomic E-state index is 6.13. The number of nitrogen functional groups attached to an aromatic ring is 1. The molecule has 0 saturated heterocycles. The van der Waals surface area contributed by atoms with Crippen LogP contribution < -0.4 is 11.2 Å². The molecule has 0 aromatic carbocycles. The highest BCUT2D eigenvalue weighted by atomic mass is 15.4. The fraction of sp³-hybridized carbons (Fsp3) is 0.600. The molecular formula is C15H23N5. The van der Waals surface area contributed by atoms with Crippen molar-refractivity contribution in [2.24, 2.45) is 0 Å². The van der Waals surface area contributed by atoms with Gasteiger partial charge in [0.2, 0.25) is 0 Å². The first-order chi connectivity index (χ1) is 9.76. The van der Waals surface area contributed by atoms with E-state index < -0.39 is 0 Å². The molecule has 3 rings (SSSR count). The van der Waals surface area contributed by atoms with Gasteiger partial charge < -0.3 is 11.2 Å². The van der Waals surface area contributed by atoms with Gasteiger partial charge in [-0.05, 0) is 32.1 Å². The Morgan fingerprint density at radius 1 is 1.20 bits per heavy atom. The van der Waals surface area contributed by atoms with Crippen LogP contribution in [-0.2, 0) is 19.3 Å². The van der Waals surface area contributed by atoms with Crippen LogP contribution in [0.3, 0.4) is 0 Å². The van der Waals surface area contributed by atoms with E-state index in [9.17, 15) is 0 Å². The molecule has 0 unspecified atom stereocenters. The Kier molecular flexibility index (Phi) is 3.51. The first kappa shape index (κ1) is 13.2. The number of fused-ring (bicyclic) bond motifs is 3. The van der Waals surface area contributed by atoms with Crippen LogP contribution in [0.5, 0.6) is 0 Å². The summed E-state index contributed by atoms with van der Waals surface area (Å²) in [5.41, 5.74) is 14.2. The minimum Gasteiger partial charge on any atom is -0.382 e. The van der Waals surface area contributed by atoms with E-state index in [1.165, 1.54) is 24.1 Å². The van der Waals surface area contributed by atoms with Gasteiger partial charge in [-0.2, -0.15) is 0 Å². The van der Waals surface area contributed by atoms with Crippen molar-refractivity contribution in [3.8, 4) is 0 Å². The molecule has 0 radical (unpaired) electrons. The zero-order chi connectivity index (χ0) is 14.1. The van der Waals surface area contributed by atoms with Gasteiger partial charge in [-0.25, -0.2) is 14.6 Å². The summed E-state index contributed by atoms with van der Waals surface area (Å²) in [7, 11) is 0. The van der Waals surface area contributed by atoms with E-state index in [0.717, 1.165) is 49.1 Å². The molecule has 0 fully saturated rings. The van der Waals surface area contributed by atoms with Crippen LogP contribution in [0.2, 0.25) is 0 Å². The average molecular weight is 273 g/mol. The van der Waals surface area contributed by atoms with Gasteiger partial charge in [-0.15, -0.1) is 0 Å². The standard InChI is InChI=1S/C15H23N5/c1-3-9-17-20-12(4-2)19-13-14(20)10-7-5-6-8-11(10)18-15(13)16/h17H,3-9H2,1-2H3,(H2,16,18). The van der Waals surface area contributed by atoms with Crippen LogP contribution in [0.4, 0.5) is 5.82 Å². The van der Waals surface area contributed by atoms with Gasteiger partial charge in [0.15, 0.2) is 5.82 Å². The van der Waals surface area contributed by atoms with Crippen LogP contribution in [0.15, 0.2) is 0 Å². The van der Waals surface area contributed by atoms with Crippen molar-refractivity contribution < 1.29 is 0 Å². The summed E-state index contributed by atoms with van der Waals surface area (Å²) in [6.07, 6.45) is 6.54. The zero-order valence-corrected chi connectivity index (χ0v) is 12.4. The van der Waals surface area contributed by atoms with E-state index in [2.05, 4.69) is 28.9 Å². The highest BCUT2D eigenvalue weighted by Gasteiger charge is 2.22. The van der Waals surface area contributed by atoms with Crippen LogP contribution in [0, 0.1) is 0 Å². The van der Waals surface area contributed by atoms with Gasteiger partial charge in [0.25, 0.3) is 0 Å². The minimum absolute atomic E-state index is 0.576. The summed E-state index contributed by atoms with van der Waals surface area (Å²) >= 11 is 0. The number of imidazole rings is 1. The molecule has 5 nitrogen and oxygen atoms in total. The molecule has 0 saturated carbocycles. The molecule has 0 bridgehead atoms. The molecule has 2 aromatic heterocycles. The normalized spacial score (nSPS) is 14.5. The number of nitrogens with zero attached hydrogens (tertiary/aromatic N) is 3. The molecule has 108 valence electrons. The van der Waals surface area contributed by atoms with E-state index >= 15 is 0 Å². The fourth-order valence-electron chi connectivity index (χ4n) is 3.02. The number of nitrogens with one attached hydrogen (secondary N) is 1. The maximum Gasteiger partial charge on any atom is 0.151 e. The second-order valence-electron chi connectivity index (χ2n) is 5.45. The molecule has 0 amide bonds. The first-order valence-electron chi connectivity index (χ1n) is 7.68. The number of hydrogen-bond acceptors (Lipinski definition) is 4. The predicted molar refractivity (Wildman–Crippen MR) is 82.5 cm³/mol. The lowest BCUT2D eigenvalue weighted by molar-refractivity contribution is 0.669. The molecule has 3 N–H and O–H groups in total. The van der Waals surface area contributed by atoms with E-state index in [1.54, 1.807) is 0 Å². The Morgan fingerprint density at radius 2 is 2.00 bits per heavy atom. The summed E-state index contributed by atoms with van der Waals surface area (Å²) in [5, 5.41) is 0. The highest BCUT2D eigenvalue weighted by Crippen LogP contribution is 2.30. The summed E-state index contributed by atoms with van der Waals surface area (Å²) in [5.74, 6) is 1.62. The van der Waals surface area contributed by atoms with E-state index in [-0.39, 0.29) is 0 Å². The Hall–Kier alpha value is -1.78. The molecule has 2 heterocycles. The Morgan fingerprint density at radius 3 is 2.75 bits per heavy atom. The zero-order valence-electron chi connectivity index (χ0n) is 12.4. The monoisotopic (exact) mass is 273 g/mol. The van der Waals surface area contributed by atoms with Gasteiger partial charge in [-0.3, -0.25) is 0 Å². The molecule has 1 aliphatic carbocycles. The van der Waals surface area contributed by atoms with Gasteiger partial charge in [0, 0.05) is 24.2 Å². The number of aromatic nitrogens is 3. The van der Waals surface area contributed by atoms with Crippen molar-refractivity contribution in [2.75, 3.05) is 17.7 Å². The summed E-state index contributed by atoms with van der Waals surface area (Å²) in [4.78, 5) is 9.29. The predicted octanol–water partition coefficient (Wildman–Crippen LogP) is 2.41. The van der Waals surface area contributed by atoms with Crippen molar-refractivity contribution in [1.29, 1.82) is 0 Å². The van der Waals surface area contributed by atoms with E-state index in [1.807, 2.05) is 0 Å². The summed E-state index contributed by atoms with van der Waals surface area (Å²) in [6.45, 7) is 5.24. The average Bonchev–Trinajstić information content (AvgIpc) is 2.84. The third kappa shape index (κ3) is 2.01. The summed E-state index contributed by atoms with van der Waals surface area (Å²) in [6, 6.07) is 0. The van der Waals surface area contributed by atoms with Gasteiger partial charge in [0.05, 0.1) is 5.52 Å². The minimum atomic E-state index is 0.576. The van der Waals surface area contributed by atoms with Crippen LogP contribution in [-0.4, -0.2) is 21.2 Å². The lowest BCUT2D eigenvalue weighted by Crippen LogP contribution is -2.20. The Balaban J connectivity index is 2.25. The third-order valence-electron chi connectivity index (χ3n) is 4.01. The molecule has 2 aromatic rings. The van der Waals surface area contributed by atoms with E-state index in [0.29, 0.717) is 5.82 Å². The van der Waals surface area contributed by atoms with Crippen LogP contribution >= 0.6 is 0 Å². The Bertz CT molecular complexity index is 629. The molecule has 20 heavy (non-hydrogen) atoms. The quantitative estimate of drug-likeness (QED) is 0.897. The number of aryl methyl sites for hydroxylation is 3. The van der Waals surface area contributed by atoms with Crippen LogP contribution in [0.1, 0.15) is 50.2 Å². The molecule has 1 aliphatic rings. The van der Waals surface area contributed by atoms with Gasteiger partial charge in [-0.1, -0.05) is 13.8 Å². The van der Waals surface area contributed by atoms with Crippen molar-refractivity contribution >= 4 is 16.9 Å². The molecular weight excluding hydrogens is 250 g/mol. The maximum atomic E-state index is 6.13. The second-order valence-corrected chi connectivity index (χ2v) is 5.45. The molecule has 5 heteroatoms.